The van der Waals surface area contributed by atoms with E-state index in [1.54, 1.807) is 12.4 Å². The first kappa shape index (κ1) is 15.0. The smallest absolute Gasteiger partial charge is 0.222 e. The maximum absolute atomic E-state index is 11.8. The molecule has 0 saturated heterocycles. The lowest BCUT2D eigenvalue weighted by molar-refractivity contribution is -0.121. The minimum atomic E-state index is 0.0386. The van der Waals surface area contributed by atoms with E-state index in [0.717, 1.165) is 11.3 Å². The van der Waals surface area contributed by atoms with Gasteiger partial charge in [-0.25, -0.2) is 0 Å². The number of benzene rings is 1. The van der Waals surface area contributed by atoms with E-state index in [4.69, 9.17) is 0 Å². The number of aromatic nitrogens is 1. The van der Waals surface area contributed by atoms with E-state index in [1.165, 1.54) is 11.1 Å². The maximum atomic E-state index is 11.8. The maximum Gasteiger partial charge on any atom is 0.222 e. The van der Waals surface area contributed by atoms with Gasteiger partial charge >= 0.3 is 0 Å². The van der Waals surface area contributed by atoms with Crippen molar-refractivity contribution in [1.82, 2.24) is 10.3 Å². The Hall–Kier alpha value is -2.36. The lowest BCUT2D eigenvalue weighted by Crippen LogP contribution is -2.25. The van der Waals surface area contributed by atoms with Crippen molar-refractivity contribution in [3.05, 3.63) is 59.4 Å². The molecule has 0 fully saturated rings. The molecule has 1 aromatic heterocycles. The van der Waals surface area contributed by atoms with Crippen LogP contribution in [0.4, 0.5) is 5.69 Å². The molecule has 4 nitrogen and oxygen atoms in total. The number of pyridine rings is 1. The second-order valence-electron chi connectivity index (χ2n) is 5.13. The first-order valence-corrected chi connectivity index (χ1v) is 7.12. The highest BCUT2D eigenvalue weighted by atomic mass is 16.1. The van der Waals surface area contributed by atoms with Gasteiger partial charge in [0.2, 0.25) is 5.91 Å². The highest BCUT2D eigenvalue weighted by Crippen LogP contribution is 2.15. The van der Waals surface area contributed by atoms with Crippen LogP contribution in [0.3, 0.4) is 0 Å². The molecule has 1 aromatic carbocycles. The van der Waals surface area contributed by atoms with Gasteiger partial charge in [0.05, 0.1) is 0 Å². The normalized spacial score (nSPS) is 10.2. The van der Waals surface area contributed by atoms with Crippen LogP contribution in [-0.2, 0) is 11.3 Å². The van der Waals surface area contributed by atoms with Crippen LogP contribution in [0.25, 0.3) is 0 Å². The van der Waals surface area contributed by atoms with Crippen LogP contribution < -0.4 is 10.6 Å². The van der Waals surface area contributed by atoms with Gasteiger partial charge in [-0.1, -0.05) is 18.2 Å². The first-order chi connectivity index (χ1) is 10.1. The SMILES string of the molecule is Cc1ccc(C)c(NCCC(=O)NCc2cccnc2)c1. The summed E-state index contributed by atoms with van der Waals surface area (Å²) < 4.78 is 0. The van der Waals surface area contributed by atoms with Gasteiger partial charge in [0.1, 0.15) is 0 Å². The molecule has 1 heterocycles. The average molecular weight is 283 g/mol. The Morgan fingerprint density at radius 3 is 2.86 bits per heavy atom. The Bertz CT molecular complexity index is 596. The molecule has 4 heteroatoms. The molecule has 0 atom stereocenters. The summed E-state index contributed by atoms with van der Waals surface area (Å²) in [4.78, 5) is 15.8. The van der Waals surface area contributed by atoms with Gasteiger partial charge in [-0.2, -0.15) is 0 Å². The molecule has 0 aliphatic rings. The van der Waals surface area contributed by atoms with Gasteiger partial charge in [0, 0.05) is 37.6 Å². The molecule has 0 aliphatic heterocycles. The fourth-order valence-electron chi connectivity index (χ4n) is 2.03. The van der Waals surface area contributed by atoms with Crippen LogP contribution in [0.5, 0.6) is 0 Å². The second-order valence-corrected chi connectivity index (χ2v) is 5.13. The summed E-state index contributed by atoms with van der Waals surface area (Å²) in [6.45, 7) is 5.27. The lowest BCUT2D eigenvalue weighted by Gasteiger charge is -2.10. The number of aryl methyl sites for hydroxylation is 2. The number of carbonyl (C=O) groups is 1. The van der Waals surface area contributed by atoms with Gasteiger partial charge in [-0.3, -0.25) is 9.78 Å². The lowest BCUT2D eigenvalue weighted by atomic mass is 10.1. The summed E-state index contributed by atoms with van der Waals surface area (Å²) in [5, 5.41) is 6.20. The van der Waals surface area contributed by atoms with Gasteiger partial charge < -0.3 is 10.6 Å². The summed E-state index contributed by atoms with van der Waals surface area (Å²) in [5.41, 5.74) is 4.50. The fraction of sp³-hybridized carbons (Fsp3) is 0.294. The Morgan fingerprint density at radius 2 is 2.10 bits per heavy atom. The first-order valence-electron chi connectivity index (χ1n) is 7.12. The number of anilines is 1. The van der Waals surface area contributed by atoms with Crippen molar-refractivity contribution in [1.29, 1.82) is 0 Å². The molecule has 0 bridgehead atoms. The van der Waals surface area contributed by atoms with E-state index in [9.17, 15) is 4.79 Å². The van der Waals surface area contributed by atoms with Crippen molar-refractivity contribution in [2.75, 3.05) is 11.9 Å². The number of hydrogen-bond acceptors (Lipinski definition) is 3. The summed E-state index contributed by atoms with van der Waals surface area (Å²) >= 11 is 0. The zero-order valence-electron chi connectivity index (χ0n) is 12.5. The van der Waals surface area contributed by atoms with E-state index in [2.05, 4.69) is 47.7 Å². The Balaban J connectivity index is 1.73. The van der Waals surface area contributed by atoms with E-state index < -0.39 is 0 Å². The van der Waals surface area contributed by atoms with E-state index in [-0.39, 0.29) is 5.91 Å². The molecule has 0 saturated carbocycles. The molecular weight excluding hydrogens is 262 g/mol. The summed E-state index contributed by atoms with van der Waals surface area (Å²) in [5.74, 6) is 0.0386. The molecule has 110 valence electrons. The summed E-state index contributed by atoms with van der Waals surface area (Å²) in [6.07, 6.45) is 3.93. The zero-order chi connectivity index (χ0) is 15.1. The topological polar surface area (TPSA) is 54.0 Å². The van der Waals surface area contributed by atoms with E-state index >= 15 is 0 Å². The van der Waals surface area contributed by atoms with Crippen molar-refractivity contribution >= 4 is 11.6 Å². The van der Waals surface area contributed by atoms with Crippen molar-refractivity contribution in [2.45, 2.75) is 26.8 Å². The molecule has 0 spiro atoms. The minimum absolute atomic E-state index is 0.0386. The molecule has 0 radical (unpaired) electrons. The van der Waals surface area contributed by atoms with E-state index in [0.29, 0.717) is 19.5 Å². The molecule has 2 N–H and O–H groups in total. The van der Waals surface area contributed by atoms with Crippen molar-refractivity contribution in [2.24, 2.45) is 0 Å². The quantitative estimate of drug-likeness (QED) is 0.857. The zero-order valence-corrected chi connectivity index (χ0v) is 12.5. The van der Waals surface area contributed by atoms with Crippen LogP contribution >= 0.6 is 0 Å². The van der Waals surface area contributed by atoms with Crippen molar-refractivity contribution in [3.63, 3.8) is 0 Å². The van der Waals surface area contributed by atoms with E-state index in [1.807, 2.05) is 12.1 Å². The van der Waals surface area contributed by atoms with Crippen molar-refractivity contribution in [3.8, 4) is 0 Å². The standard InChI is InChI=1S/C17H21N3O/c1-13-5-6-14(2)16(10-13)19-9-7-17(21)20-12-15-4-3-8-18-11-15/h3-6,8,10-11,19H,7,9,12H2,1-2H3,(H,20,21). The van der Waals surface area contributed by atoms with Crippen LogP contribution in [0.1, 0.15) is 23.1 Å². The van der Waals surface area contributed by atoms with Gasteiger partial charge in [-0.15, -0.1) is 0 Å². The van der Waals surface area contributed by atoms with Gasteiger partial charge in [0.15, 0.2) is 0 Å². The third-order valence-electron chi connectivity index (χ3n) is 3.27. The van der Waals surface area contributed by atoms with Crippen LogP contribution in [0, 0.1) is 13.8 Å². The number of nitrogens with one attached hydrogen (secondary N) is 2. The fourth-order valence-corrected chi connectivity index (χ4v) is 2.03. The highest BCUT2D eigenvalue weighted by molar-refractivity contribution is 5.76. The van der Waals surface area contributed by atoms with Gasteiger partial charge in [0.25, 0.3) is 0 Å². The Kier molecular flexibility index (Phi) is 5.32. The molecule has 1 amide bonds. The third-order valence-corrected chi connectivity index (χ3v) is 3.27. The number of amides is 1. The molecule has 2 rings (SSSR count). The molecule has 0 unspecified atom stereocenters. The summed E-state index contributed by atoms with van der Waals surface area (Å²) in [6, 6.07) is 10.1. The molecular formula is C17H21N3O. The van der Waals surface area contributed by atoms with Crippen LogP contribution in [0.15, 0.2) is 42.7 Å². The van der Waals surface area contributed by atoms with Crippen LogP contribution in [-0.4, -0.2) is 17.4 Å². The molecule has 21 heavy (non-hydrogen) atoms. The van der Waals surface area contributed by atoms with Gasteiger partial charge in [-0.05, 0) is 42.7 Å². The minimum Gasteiger partial charge on any atom is -0.384 e. The number of rotatable bonds is 6. The predicted octanol–water partition coefficient (Wildman–Crippen LogP) is 2.82. The molecule has 0 aliphatic carbocycles. The van der Waals surface area contributed by atoms with Crippen LogP contribution in [0.2, 0.25) is 0 Å². The number of nitrogens with zero attached hydrogens (tertiary/aromatic N) is 1. The Labute approximate surface area is 125 Å². The number of hydrogen-bond donors (Lipinski definition) is 2. The monoisotopic (exact) mass is 283 g/mol. The van der Waals surface area contributed by atoms with Crippen molar-refractivity contribution < 1.29 is 4.79 Å². The molecule has 2 aromatic rings. The third kappa shape index (κ3) is 4.91. The Morgan fingerprint density at radius 1 is 1.24 bits per heavy atom. The largest absolute Gasteiger partial charge is 0.384 e. The second kappa shape index (κ2) is 7.43. The number of carbonyl (C=O) groups excluding carboxylic acids is 1. The predicted molar refractivity (Wildman–Crippen MR) is 85.1 cm³/mol. The average Bonchev–Trinajstić information content (AvgIpc) is 2.50. The highest BCUT2D eigenvalue weighted by Gasteiger charge is 2.03. The summed E-state index contributed by atoms with van der Waals surface area (Å²) in [7, 11) is 0.